The highest BCUT2D eigenvalue weighted by molar-refractivity contribution is 5.75. The summed E-state index contributed by atoms with van der Waals surface area (Å²) in [6, 6.07) is 6.27. The van der Waals surface area contributed by atoms with Crippen LogP contribution in [0, 0.1) is 5.82 Å². The number of hydrogen-bond donors (Lipinski definition) is 0. The first-order valence-electron chi connectivity index (χ1n) is 6.20. The SMILES string of the molecule is CCOC(=O)C(CC)N(C)Cc1ccccc1F. The van der Waals surface area contributed by atoms with E-state index in [0.717, 1.165) is 0 Å². The van der Waals surface area contributed by atoms with E-state index in [-0.39, 0.29) is 17.8 Å². The summed E-state index contributed by atoms with van der Waals surface area (Å²) in [7, 11) is 1.80. The molecule has 0 saturated carbocycles. The van der Waals surface area contributed by atoms with E-state index >= 15 is 0 Å². The molecular weight excluding hydrogens is 233 g/mol. The first kappa shape index (κ1) is 14.6. The summed E-state index contributed by atoms with van der Waals surface area (Å²) >= 11 is 0. The van der Waals surface area contributed by atoms with Crippen LogP contribution >= 0.6 is 0 Å². The molecule has 1 aromatic rings. The second-order valence-electron chi connectivity index (χ2n) is 4.18. The fourth-order valence-electron chi connectivity index (χ4n) is 1.90. The van der Waals surface area contributed by atoms with E-state index in [0.29, 0.717) is 25.1 Å². The standard InChI is InChI=1S/C14H20FNO2/c1-4-13(14(17)18-5-2)16(3)10-11-8-6-7-9-12(11)15/h6-9,13H,4-5,10H2,1-3H3. The zero-order valence-corrected chi connectivity index (χ0v) is 11.1. The van der Waals surface area contributed by atoms with E-state index < -0.39 is 0 Å². The molecule has 0 saturated heterocycles. The van der Waals surface area contributed by atoms with Gasteiger partial charge in [-0.25, -0.2) is 4.39 Å². The van der Waals surface area contributed by atoms with Gasteiger partial charge in [-0.2, -0.15) is 0 Å². The topological polar surface area (TPSA) is 29.5 Å². The molecule has 1 unspecified atom stereocenters. The van der Waals surface area contributed by atoms with Gasteiger partial charge in [0.1, 0.15) is 11.9 Å². The van der Waals surface area contributed by atoms with Crippen LogP contribution in [-0.4, -0.2) is 30.6 Å². The minimum Gasteiger partial charge on any atom is -0.465 e. The van der Waals surface area contributed by atoms with Crippen LogP contribution in [0.5, 0.6) is 0 Å². The van der Waals surface area contributed by atoms with Crippen LogP contribution in [0.1, 0.15) is 25.8 Å². The molecule has 0 aliphatic rings. The van der Waals surface area contributed by atoms with E-state index in [1.54, 1.807) is 32.2 Å². The van der Waals surface area contributed by atoms with Gasteiger partial charge >= 0.3 is 5.97 Å². The summed E-state index contributed by atoms with van der Waals surface area (Å²) in [6.07, 6.45) is 0.643. The quantitative estimate of drug-likeness (QED) is 0.730. The van der Waals surface area contributed by atoms with Crippen molar-refractivity contribution in [2.45, 2.75) is 32.9 Å². The van der Waals surface area contributed by atoms with Crippen molar-refractivity contribution in [3.05, 3.63) is 35.6 Å². The molecule has 0 heterocycles. The summed E-state index contributed by atoms with van der Waals surface area (Å²) in [6.45, 7) is 4.45. The second kappa shape index (κ2) is 7.11. The number of carbonyl (C=O) groups is 1. The molecular formula is C14H20FNO2. The van der Waals surface area contributed by atoms with Crippen molar-refractivity contribution in [3.8, 4) is 0 Å². The number of hydrogen-bond acceptors (Lipinski definition) is 3. The molecule has 0 spiro atoms. The third-order valence-corrected chi connectivity index (χ3v) is 2.86. The lowest BCUT2D eigenvalue weighted by molar-refractivity contribution is -0.149. The number of halogens is 1. The van der Waals surface area contributed by atoms with E-state index in [2.05, 4.69) is 0 Å². The van der Waals surface area contributed by atoms with Crippen molar-refractivity contribution in [2.24, 2.45) is 0 Å². The Morgan fingerprint density at radius 1 is 1.39 bits per heavy atom. The molecule has 1 aromatic carbocycles. The number of benzene rings is 1. The molecule has 0 radical (unpaired) electrons. The van der Waals surface area contributed by atoms with E-state index in [1.807, 2.05) is 11.8 Å². The lowest BCUT2D eigenvalue weighted by Crippen LogP contribution is -2.38. The van der Waals surface area contributed by atoms with Crippen molar-refractivity contribution < 1.29 is 13.9 Å². The molecule has 0 bridgehead atoms. The van der Waals surface area contributed by atoms with E-state index in [4.69, 9.17) is 4.74 Å². The highest BCUT2D eigenvalue weighted by Crippen LogP contribution is 2.13. The Bertz CT molecular complexity index is 395. The molecule has 0 aromatic heterocycles. The predicted octanol–water partition coefficient (Wildman–Crippen LogP) is 2.60. The molecule has 1 rings (SSSR count). The lowest BCUT2D eigenvalue weighted by atomic mass is 10.1. The Hall–Kier alpha value is -1.42. The van der Waals surface area contributed by atoms with Gasteiger partial charge in [0.05, 0.1) is 6.61 Å². The van der Waals surface area contributed by atoms with Crippen LogP contribution in [0.4, 0.5) is 4.39 Å². The first-order valence-corrected chi connectivity index (χ1v) is 6.20. The number of rotatable bonds is 6. The molecule has 0 aliphatic carbocycles. The summed E-state index contributed by atoms with van der Waals surface area (Å²) in [5.41, 5.74) is 0.586. The Kier molecular flexibility index (Phi) is 5.78. The highest BCUT2D eigenvalue weighted by atomic mass is 19.1. The average Bonchev–Trinajstić information content (AvgIpc) is 2.33. The smallest absolute Gasteiger partial charge is 0.323 e. The first-order chi connectivity index (χ1) is 8.60. The predicted molar refractivity (Wildman–Crippen MR) is 68.6 cm³/mol. The molecule has 0 aliphatic heterocycles. The number of ether oxygens (including phenoxy) is 1. The average molecular weight is 253 g/mol. The highest BCUT2D eigenvalue weighted by Gasteiger charge is 2.23. The number of likely N-dealkylation sites (N-methyl/N-ethyl adjacent to an activating group) is 1. The number of nitrogens with zero attached hydrogens (tertiary/aromatic N) is 1. The second-order valence-corrected chi connectivity index (χ2v) is 4.18. The minimum atomic E-state index is -0.329. The van der Waals surface area contributed by atoms with E-state index in [9.17, 15) is 9.18 Å². The largest absolute Gasteiger partial charge is 0.465 e. The lowest BCUT2D eigenvalue weighted by Gasteiger charge is -2.25. The van der Waals surface area contributed by atoms with Crippen LogP contribution in [0.25, 0.3) is 0 Å². The van der Waals surface area contributed by atoms with Gasteiger partial charge in [-0.3, -0.25) is 9.69 Å². The Balaban J connectivity index is 2.71. The Morgan fingerprint density at radius 2 is 2.06 bits per heavy atom. The monoisotopic (exact) mass is 253 g/mol. The molecule has 100 valence electrons. The Labute approximate surface area is 108 Å². The Morgan fingerprint density at radius 3 is 2.61 bits per heavy atom. The zero-order chi connectivity index (χ0) is 13.5. The fraction of sp³-hybridized carbons (Fsp3) is 0.500. The summed E-state index contributed by atoms with van der Waals surface area (Å²) in [4.78, 5) is 13.5. The van der Waals surface area contributed by atoms with Crippen LogP contribution < -0.4 is 0 Å². The normalized spacial score (nSPS) is 12.5. The maximum Gasteiger partial charge on any atom is 0.323 e. The van der Waals surface area contributed by atoms with Gasteiger partial charge in [0.25, 0.3) is 0 Å². The summed E-state index contributed by atoms with van der Waals surface area (Å²) in [5, 5.41) is 0. The van der Waals surface area contributed by atoms with Gasteiger partial charge in [0.2, 0.25) is 0 Å². The molecule has 0 amide bonds. The summed E-state index contributed by atoms with van der Waals surface area (Å²) in [5.74, 6) is -0.498. The van der Waals surface area contributed by atoms with Gasteiger partial charge in [-0.1, -0.05) is 25.1 Å². The van der Waals surface area contributed by atoms with Crippen LogP contribution in [-0.2, 0) is 16.1 Å². The molecule has 1 atom stereocenters. The minimum absolute atomic E-state index is 0.247. The number of esters is 1. The third kappa shape index (κ3) is 3.81. The van der Waals surface area contributed by atoms with Crippen LogP contribution in [0.3, 0.4) is 0 Å². The van der Waals surface area contributed by atoms with Crippen LogP contribution in [0.2, 0.25) is 0 Å². The fourth-order valence-corrected chi connectivity index (χ4v) is 1.90. The van der Waals surface area contributed by atoms with Crippen molar-refractivity contribution in [1.29, 1.82) is 0 Å². The maximum absolute atomic E-state index is 13.5. The molecule has 3 nitrogen and oxygen atoms in total. The van der Waals surface area contributed by atoms with Gasteiger partial charge < -0.3 is 4.74 Å². The van der Waals surface area contributed by atoms with Gasteiger partial charge in [-0.15, -0.1) is 0 Å². The molecule has 0 N–H and O–H groups in total. The van der Waals surface area contributed by atoms with Crippen molar-refractivity contribution in [2.75, 3.05) is 13.7 Å². The van der Waals surface area contributed by atoms with Crippen LogP contribution in [0.15, 0.2) is 24.3 Å². The maximum atomic E-state index is 13.5. The number of carbonyl (C=O) groups excluding carboxylic acids is 1. The third-order valence-electron chi connectivity index (χ3n) is 2.86. The van der Waals surface area contributed by atoms with Gasteiger partial charge in [-0.05, 0) is 26.5 Å². The van der Waals surface area contributed by atoms with Crippen molar-refractivity contribution in [1.82, 2.24) is 4.90 Å². The van der Waals surface area contributed by atoms with Crippen molar-refractivity contribution >= 4 is 5.97 Å². The molecule has 4 heteroatoms. The van der Waals surface area contributed by atoms with Gasteiger partial charge in [0, 0.05) is 12.1 Å². The molecule has 0 fully saturated rings. The summed E-state index contributed by atoms with van der Waals surface area (Å²) < 4.78 is 18.5. The van der Waals surface area contributed by atoms with Gasteiger partial charge in [0.15, 0.2) is 0 Å². The van der Waals surface area contributed by atoms with E-state index in [1.165, 1.54) is 6.07 Å². The molecule has 18 heavy (non-hydrogen) atoms. The van der Waals surface area contributed by atoms with Crippen molar-refractivity contribution in [3.63, 3.8) is 0 Å². The zero-order valence-electron chi connectivity index (χ0n) is 11.1.